The molecule has 10 heteroatoms. The van der Waals surface area contributed by atoms with Crippen LogP contribution in [0, 0.1) is 5.41 Å². The van der Waals surface area contributed by atoms with Gasteiger partial charge in [-0.1, -0.05) is 0 Å². The molecule has 0 aromatic rings. The number of amidine groups is 1. The second kappa shape index (κ2) is 10.9. The largest absolute Gasteiger partial charge is 0.388 e. The summed E-state index contributed by atoms with van der Waals surface area (Å²) in [6.45, 7) is 2.56. The molecule has 0 radical (unpaired) electrons. The van der Waals surface area contributed by atoms with Gasteiger partial charge in [-0.15, -0.1) is 24.8 Å². The van der Waals surface area contributed by atoms with Gasteiger partial charge < -0.3 is 31.7 Å². The molecule has 1 aliphatic rings. The maximum absolute atomic E-state index is 9.86. The summed E-state index contributed by atoms with van der Waals surface area (Å²) >= 11 is 0. The van der Waals surface area contributed by atoms with E-state index >= 15 is 0 Å². The Morgan fingerprint density at radius 1 is 1.19 bits per heavy atom. The van der Waals surface area contributed by atoms with Crippen molar-refractivity contribution >= 4 is 36.6 Å². The van der Waals surface area contributed by atoms with E-state index in [9.17, 15) is 10.2 Å². The molecule has 8 nitrogen and oxygen atoms in total. The van der Waals surface area contributed by atoms with Crippen LogP contribution in [0.2, 0.25) is 0 Å². The van der Waals surface area contributed by atoms with E-state index in [1.165, 1.54) is 0 Å². The van der Waals surface area contributed by atoms with E-state index in [2.05, 4.69) is 10.3 Å². The molecule has 21 heavy (non-hydrogen) atoms. The molecule has 0 aromatic carbocycles. The first kappa shape index (κ1) is 22.5. The minimum atomic E-state index is -0.929. The molecule has 0 spiro atoms. The molecule has 0 amide bonds. The summed E-state index contributed by atoms with van der Waals surface area (Å²) in [4.78, 5) is 4.02. The number of hydrogen-bond donors (Lipinski definition) is 6. The molecule has 1 aliphatic heterocycles. The molecule has 1 rings (SSSR count). The Labute approximate surface area is 136 Å². The summed E-state index contributed by atoms with van der Waals surface area (Å²) in [6, 6.07) is 0. The first-order chi connectivity index (χ1) is 8.91. The van der Waals surface area contributed by atoms with Gasteiger partial charge in [-0.05, 0) is 19.8 Å². The van der Waals surface area contributed by atoms with Crippen molar-refractivity contribution in [2.24, 2.45) is 16.5 Å². The molecule has 1 heterocycles. The van der Waals surface area contributed by atoms with E-state index in [1.54, 1.807) is 6.92 Å². The van der Waals surface area contributed by atoms with Crippen LogP contribution < -0.4 is 16.8 Å². The van der Waals surface area contributed by atoms with Gasteiger partial charge in [-0.3, -0.25) is 10.4 Å². The lowest BCUT2D eigenvalue weighted by Gasteiger charge is -2.14. The molecule has 0 aromatic heterocycles. The smallest absolute Gasteiger partial charge is 0.185 e. The lowest BCUT2D eigenvalue weighted by Crippen LogP contribution is -2.36. The van der Waals surface area contributed by atoms with Crippen molar-refractivity contribution in [3.63, 3.8) is 0 Å². The zero-order valence-electron chi connectivity index (χ0n) is 11.9. The van der Waals surface area contributed by atoms with Crippen molar-refractivity contribution in [3.8, 4) is 0 Å². The lowest BCUT2D eigenvalue weighted by atomic mass is 10.0. The Morgan fingerprint density at radius 2 is 1.71 bits per heavy atom. The molecule has 4 atom stereocenters. The van der Waals surface area contributed by atoms with Crippen LogP contribution in [0.15, 0.2) is 4.99 Å². The second-order valence-corrected chi connectivity index (χ2v) is 4.64. The summed E-state index contributed by atoms with van der Waals surface area (Å²) in [6.07, 6.45) is -1.79. The van der Waals surface area contributed by atoms with Crippen LogP contribution >= 0.6 is 24.8 Å². The Balaban J connectivity index is 0. The first-order valence-electron chi connectivity index (χ1n) is 6.28. The van der Waals surface area contributed by atoms with Crippen LogP contribution in [0.25, 0.3) is 0 Å². The van der Waals surface area contributed by atoms with Gasteiger partial charge in [0.25, 0.3) is 0 Å². The minimum Gasteiger partial charge on any atom is -0.388 e. The molecule has 0 aliphatic carbocycles. The molecule has 126 valence electrons. The Bertz CT molecular complexity index is 342. The Kier molecular flexibility index (Phi) is 11.6. The summed E-state index contributed by atoms with van der Waals surface area (Å²) in [7, 11) is 0. The van der Waals surface area contributed by atoms with E-state index < -0.39 is 24.4 Å². The number of nitrogens with two attached hydrogens (primary N) is 2. The van der Waals surface area contributed by atoms with Crippen molar-refractivity contribution < 1.29 is 14.9 Å². The minimum absolute atomic E-state index is 0. The van der Waals surface area contributed by atoms with Crippen LogP contribution in [0.4, 0.5) is 0 Å². The third-order valence-electron chi connectivity index (χ3n) is 2.98. The van der Waals surface area contributed by atoms with Gasteiger partial charge in [-0.25, -0.2) is 0 Å². The van der Waals surface area contributed by atoms with Crippen LogP contribution in [-0.4, -0.2) is 59.5 Å². The molecule has 1 fully saturated rings. The van der Waals surface area contributed by atoms with E-state index in [0.717, 1.165) is 0 Å². The van der Waals surface area contributed by atoms with Gasteiger partial charge in [0.1, 0.15) is 12.2 Å². The fourth-order valence-corrected chi connectivity index (χ4v) is 2.02. The highest BCUT2D eigenvalue weighted by Gasteiger charge is 2.41. The van der Waals surface area contributed by atoms with E-state index in [-0.39, 0.29) is 30.8 Å². The van der Waals surface area contributed by atoms with Crippen molar-refractivity contribution in [3.05, 3.63) is 0 Å². The highest BCUT2D eigenvalue weighted by atomic mass is 35.5. The van der Waals surface area contributed by atoms with Crippen molar-refractivity contribution in [1.82, 2.24) is 5.32 Å². The van der Waals surface area contributed by atoms with Gasteiger partial charge in [0, 0.05) is 13.1 Å². The highest BCUT2D eigenvalue weighted by molar-refractivity contribution is 5.85. The van der Waals surface area contributed by atoms with E-state index in [4.69, 9.17) is 21.6 Å². The standard InChI is InChI=1S/C11H23N5O3.2ClH/c1-6(12)15-4-2-7-9(17)10(18)8(19-7)3-5-16-11(13)14;;/h7-10,17-18H,2-5H2,1H3,(H2,12,15)(H4,13,14,16);2*1H/t7-,8-,9-,10-;;/m1../s1. The highest BCUT2D eigenvalue weighted by Crippen LogP contribution is 2.25. The zero-order valence-corrected chi connectivity index (χ0v) is 13.5. The summed E-state index contributed by atoms with van der Waals surface area (Å²) in [5.41, 5.74) is 10.6. The summed E-state index contributed by atoms with van der Waals surface area (Å²) in [5.74, 6) is 0.354. The van der Waals surface area contributed by atoms with Gasteiger partial charge in [0.2, 0.25) is 0 Å². The normalized spacial score (nSPS) is 28.4. The average molecular weight is 346 g/mol. The number of aliphatic hydroxyl groups excluding tert-OH is 2. The Morgan fingerprint density at radius 3 is 2.19 bits per heavy atom. The predicted molar refractivity (Wildman–Crippen MR) is 86.5 cm³/mol. The van der Waals surface area contributed by atoms with Gasteiger partial charge in [0.05, 0.1) is 18.0 Å². The first-order valence-corrected chi connectivity index (χ1v) is 6.28. The second-order valence-electron chi connectivity index (χ2n) is 4.64. The molecule has 0 bridgehead atoms. The quantitative estimate of drug-likeness (QED) is 0.267. The predicted octanol–water partition coefficient (Wildman–Crippen LogP) is -1.04. The molecule has 0 saturated carbocycles. The number of nitrogens with one attached hydrogen (secondary N) is 2. The fraction of sp³-hybridized carbons (Fsp3) is 0.818. The van der Waals surface area contributed by atoms with Crippen LogP contribution in [0.5, 0.6) is 0 Å². The summed E-state index contributed by atoms with van der Waals surface area (Å²) in [5, 5.41) is 29.4. The van der Waals surface area contributed by atoms with Crippen LogP contribution in [-0.2, 0) is 4.74 Å². The zero-order chi connectivity index (χ0) is 14.4. The van der Waals surface area contributed by atoms with E-state index in [1.807, 2.05) is 0 Å². The fourth-order valence-electron chi connectivity index (χ4n) is 2.02. The average Bonchev–Trinajstić information content (AvgIpc) is 2.57. The number of aliphatic imine (C=N–C) groups is 1. The number of nitrogens with zero attached hydrogens (tertiary/aromatic N) is 1. The van der Waals surface area contributed by atoms with Crippen molar-refractivity contribution in [2.75, 3.05) is 13.1 Å². The number of ether oxygens (including phenoxy) is 1. The van der Waals surface area contributed by atoms with Crippen molar-refractivity contribution in [2.45, 2.75) is 44.2 Å². The molecule has 0 unspecified atom stereocenters. The molecule has 1 saturated heterocycles. The SMILES string of the molecule is CC(N)=NCC[C@H]1O[C@H](CCNC(=N)N)[C@@H](O)[C@@H]1O.Cl.Cl. The molecular weight excluding hydrogens is 321 g/mol. The Hall–Kier alpha value is -0.800. The summed E-state index contributed by atoms with van der Waals surface area (Å²) < 4.78 is 5.59. The maximum Gasteiger partial charge on any atom is 0.185 e. The van der Waals surface area contributed by atoms with Crippen LogP contribution in [0.1, 0.15) is 19.8 Å². The van der Waals surface area contributed by atoms with E-state index in [0.29, 0.717) is 31.8 Å². The van der Waals surface area contributed by atoms with Crippen LogP contribution in [0.3, 0.4) is 0 Å². The number of aliphatic hydroxyl groups is 2. The van der Waals surface area contributed by atoms with Crippen molar-refractivity contribution in [1.29, 1.82) is 5.41 Å². The maximum atomic E-state index is 9.86. The molecular formula is C11H25Cl2N5O3. The van der Waals surface area contributed by atoms with Gasteiger partial charge >= 0.3 is 0 Å². The number of hydrogen-bond acceptors (Lipinski definition) is 5. The monoisotopic (exact) mass is 345 g/mol. The third kappa shape index (κ3) is 7.68. The molecule has 8 N–H and O–H groups in total. The van der Waals surface area contributed by atoms with Gasteiger partial charge in [0.15, 0.2) is 5.96 Å². The number of guanidine groups is 1. The number of rotatable bonds is 6. The van der Waals surface area contributed by atoms with Gasteiger partial charge in [-0.2, -0.15) is 0 Å². The lowest BCUT2D eigenvalue weighted by molar-refractivity contribution is 0.00252. The third-order valence-corrected chi connectivity index (χ3v) is 2.98. The number of halogens is 2. The topological polar surface area (TPSA) is 150 Å².